The molecule has 2 aromatic rings. The Labute approximate surface area is 170 Å². The molecule has 3 heterocycles. The molecule has 2 aromatic heterocycles. The van der Waals surface area contributed by atoms with E-state index in [1.165, 1.54) is 10.5 Å². The lowest BCUT2D eigenvalue weighted by Crippen LogP contribution is -2.50. The maximum Gasteiger partial charge on any atom is 0.273 e. The summed E-state index contributed by atoms with van der Waals surface area (Å²) in [7, 11) is -3.61. The number of piperidine rings is 1. The summed E-state index contributed by atoms with van der Waals surface area (Å²) in [4.78, 5) is 16.9. The van der Waals surface area contributed by atoms with Crippen LogP contribution in [-0.2, 0) is 16.4 Å². The van der Waals surface area contributed by atoms with Crippen LogP contribution in [0.3, 0.4) is 0 Å². The molecule has 1 saturated carbocycles. The zero-order valence-corrected chi connectivity index (χ0v) is 17.5. The Morgan fingerprint density at radius 2 is 2.10 bits per heavy atom. The first-order valence-electron chi connectivity index (χ1n) is 10.1. The second kappa shape index (κ2) is 7.87. The van der Waals surface area contributed by atoms with Crippen LogP contribution in [0, 0.1) is 0 Å². The molecule has 1 saturated heterocycles. The van der Waals surface area contributed by atoms with Crippen molar-refractivity contribution in [3.63, 3.8) is 0 Å². The van der Waals surface area contributed by atoms with E-state index in [1.54, 1.807) is 18.2 Å². The predicted molar refractivity (Wildman–Crippen MR) is 106 cm³/mol. The summed E-state index contributed by atoms with van der Waals surface area (Å²) in [6.07, 6.45) is 5.43. The van der Waals surface area contributed by atoms with Crippen LogP contribution in [0.1, 0.15) is 67.4 Å². The van der Waals surface area contributed by atoms with Gasteiger partial charge in [0, 0.05) is 42.5 Å². The van der Waals surface area contributed by atoms with Crippen LogP contribution >= 0.6 is 0 Å². The average molecular weight is 419 g/mol. The van der Waals surface area contributed by atoms with Gasteiger partial charge in [-0.25, -0.2) is 8.42 Å². The Hall–Kier alpha value is -2.26. The molecule has 9 heteroatoms. The maximum absolute atomic E-state index is 13.0. The van der Waals surface area contributed by atoms with E-state index in [0.717, 1.165) is 30.7 Å². The number of amides is 1. The van der Waals surface area contributed by atoms with Crippen LogP contribution in [0.2, 0.25) is 0 Å². The molecule has 29 heavy (non-hydrogen) atoms. The highest BCUT2D eigenvalue weighted by atomic mass is 32.2. The fourth-order valence-corrected chi connectivity index (χ4v) is 5.37. The second-order valence-electron chi connectivity index (χ2n) is 7.89. The maximum atomic E-state index is 13.0. The minimum Gasteiger partial charge on any atom is -0.360 e. The van der Waals surface area contributed by atoms with E-state index in [4.69, 9.17) is 4.52 Å². The van der Waals surface area contributed by atoms with E-state index in [-0.39, 0.29) is 28.6 Å². The van der Waals surface area contributed by atoms with Crippen LogP contribution in [-0.4, -0.2) is 47.4 Å². The van der Waals surface area contributed by atoms with E-state index < -0.39 is 10.0 Å². The van der Waals surface area contributed by atoms with Gasteiger partial charge in [-0.1, -0.05) is 12.1 Å². The van der Waals surface area contributed by atoms with Crippen LogP contribution in [0.4, 0.5) is 0 Å². The lowest BCUT2D eigenvalue weighted by Gasteiger charge is -2.36. The lowest BCUT2D eigenvalue weighted by molar-refractivity contribution is 0.0905. The molecule has 0 spiro atoms. The number of aryl methyl sites for hydroxylation is 1. The molecule has 2 atom stereocenters. The van der Waals surface area contributed by atoms with Gasteiger partial charge in [-0.2, -0.15) is 4.31 Å². The molecule has 8 nitrogen and oxygen atoms in total. The van der Waals surface area contributed by atoms with Gasteiger partial charge >= 0.3 is 0 Å². The van der Waals surface area contributed by atoms with Gasteiger partial charge in [-0.3, -0.25) is 9.78 Å². The summed E-state index contributed by atoms with van der Waals surface area (Å²) in [6, 6.07) is 4.74. The molecule has 4 rings (SSSR count). The summed E-state index contributed by atoms with van der Waals surface area (Å²) < 4.78 is 32.7. The minimum atomic E-state index is -3.61. The lowest BCUT2D eigenvalue weighted by atomic mass is 10.0. The van der Waals surface area contributed by atoms with Gasteiger partial charge in [-0.05, 0) is 51.2 Å². The molecule has 156 valence electrons. The zero-order valence-electron chi connectivity index (χ0n) is 16.7. The third kappa shape index (κ3) is 4.20. The molecule has 2 aliphatic rings. The average Bonchev–Trinajstić information content (AvgIpc) is 3.44. The fraction of sp³-hybridized carbons (Fsp3) is 0.550. The van der Waals surface area contributed by atoms with Crippen molar-refractivity contribution in [3.05, 3.63) is 41.5 Å². The minimum absolute atomic E-state index is 0.106. The molecule has 1 aliphatic heterocycles. The van der Waals surface area contributed by atoms with E-state index in [0.29, 0.717) is 25.3 Å². The predicted octanol–water partition coefficient (Wildman–Crippen LogP) is 2.48. The summed E-state index contributed by atoms with van der Waals surface area (Å²) >= 11 is 0. The third-order valence-electron chi connectivity index (χ3n) is 5.66. The Kier molecular flexibility index (Phi) is 5.44. The molecule has 0 radical (unpaired) electrons. The summed E-state index contributed by atoms with van der Waals surface area (Å²) in [6.45, 7) is 4.19. The number of carbonyl (C=O) groups is 1. The molecular formula is C20H26N4O4S. The van der Waals surface area contributed by atoms with Gasteiger partial charge in [0.25, 0.3) is 5.91 Å². The molecule has 1 aliphatic carbocycles. The van der Waals surface area contributed by atoms with E-state index in [9.17, 15) is 13.2 Å². The third-order valence-corrected chi connectivity index (χ3v) is 7.65. The number of nitrogens with zero attached hydrogens (tertiary/aromatic N) is 3. The number of carbonyl (C=O) groups excluding carboxylic acids is 1. The van der Waals surface area contributed by atoms with Crippen LogP contribution in [0.15, 0.2) is 33.8 Å². The Bertz CT molecular complexity index is 982. The normalized spacial score (nSPS) is 23.1. The van der Waals surface area contributed by atoms with E-state index in [1.807, 2.05) is 13.8 Å². The molecule has 1 amide bonds. The first kappa shape index (κ1) is 20.0. The smallest absolute Gasteiger partial charge is 0.273 e. The number of nitrogens with one attached hydrogen (secondary N) is 1. The van der Waals surface area contributed by atoms with Crippen molar-refractivity contribution in [3.8, 4) is 0 Å². The second-order valence-corrected chi connectivity index (χ2v) is 9.78. The number of pyridine rings is 1. The summed E-state index contributed by atoms with van der Waals surface area (Å²) in [5.41, 5.74) is 1.15. The Morgan fingerprint density at radius 1 is 1.31 bits per heavy atom. The SMILES string of the molecule is CCc1ccc(S(=O)(=O)N2CC[C@H](NC(=O)c3cc(C4CC4)on3)C[C@@H]2C)cn1. The molecule has 0 aromatic carbocycles. The first-order valence-corrected chi connectivity index (χ1v) is 11.6. The monoisotopic (exact) mass is 418 g/mol. The number of rotatable bonds is 6. The van der Waals surface area contributed by atoms with Gasteiger partial charge in [-0.15, -0.1) is 0 Å². The largest absolute Gasteiger partial charge is 0.360 e. The van der Waals surface area contributed by atoms with Crippen molar-refractivity contribution < 1.29 is 17.7 Å². The van der Waals surface area contributed by atoms with Crippen molar-refractivity contribution >= 4 is 15.9 Å². The van der Waals surface area contributed by atoms with Crippen LogP contribution in [0.25, 0.3) is 0 Å². The van der Waals surface area contributed by atoms with Crippen molar-refractivity contribution in [2.24, 2.45) is 0 Å². The summed E-state index contributed by atoms with van der Waals surface area (Å²) in [5.74, 6) is 0.902. The zero-order chi connectivity index (χ0) is 20.6. The Balaban J connectivity index is 1.38. The van der Waals surface area contributed by atoms with Gasteiger partial charge < -0.3 is 9.84 Å². The van der Waals surface area contributed by atoms with Gasteiger partial charge in [0.15, 0.2) is 5.69 Å². The van der Waals surface area contributed by atoms with Crippen LogP contribution < -0.4 is 5.32 Å². The van der Waals surface area contributed by atoms with Crippen molar-refractivity contribution in [1.29, 1.82) is 0 Å². The highest BCUT2D eigenvalue weighted by Gasteiger charge is 2.36. The molecule has 2 fully saturated rings. The van der Waals surface area contributed by atoms with E-state index in [2.05, 4.69) is 15.5 Å². The molecule has 0 unspecified atom stereocenters. The van der Waals surface area contributed by atoms with Crippen molar-refractivity contribution in [1.82, 2.24) is 19.8 Å². The van der Waals surface area contributed by atoms with Crippen molar-refractivity contribution in [2.75, 3.05) is 6.54 Å². The van der Waals surface area contributed by atoms with Gasteiger partial charge in [0.05, 0.1) is 0 Å². The fourth-order valence-electron chi connectivity index (χ4n) is 3.76. The quantitative estimate of drug-likeness (QED) is 0.773. The number of sulfonamides is 1. The van der Waals surface area contributed by atoms with Gasteiger partial charge in [0.2, 0.25) is 10.0 Å². The molecule has 0 bridgehead atoms. The number of hydrogen-bond acceptors (Lipinski definition) is 6. The first-order chi connectivity index (χ1) is 13.9. The van der Waals surface area contributed by atoms with E-state index >= 15 is 0 Å². The van der Waals surface area contributed by atoms with Crippen molar-refractivity contribution in [2.45, 2.75) is 68.8 Å². The highest BCUT2D eigenvalue weighted by molar-refractivity contribution is 7.89. The Morgan fingerprint density at radius 3 is 2.72 bits per heavy atom. The molecular weight excluding hydrogens is 392 g/mol. The topological polar surface area (TPSA) is 105 Å². The molecule has 1 N–H and O–H groups in total. The number of hydrogen-bond donors (Lipinski definition) is 1. The number of aromatic nitrogens is 2. The highest BCUT2D eigenvalue weighted by Crippen LogP contribution is 2.40. The standard InChI is InChI=1S/C20H26N4O4S/c1-3-15-6-7-17(12-21-15)29(26,27)24-9-8-16(10-13(24)2)22-20(25)18-11-19(28-23-18)14-4-5-14/h6-7,11-14,16H,3-5,8-10H2,1-2H3,(H,22,25)/t13-,16-/m0/s1. The van der Waals surface area contributed by atoms with Crippen LogP contribution in [0.5, 0.6) is 0 Å². The summed E-state index contributed by atoms with van der Waals surface area (Å²) in [5, 5.41) is 6.84. The van der Waals surface area contributed by atoms with Gasteiger partial charge in [0.1, 0.15) is 10.7 Å².